The van der Waals surface area contributed by atoms with E-state index in [1.54, 1.807) is 6.92 Å². The van der Waals surface area contributed by atoms with Crippen LogP contribution in [0.15, 0.2) is 11.6 Å². The van der Waals surface area contributed by atoms with Crippen LogP contribution in [-0.4, -0.2) is 28.6 Å². The average molecular weight is 359 g/mol. The molecule has 0 aliphatic rings. The summed E-state index contributed by atoms with van der Waals surface area (Å²) >= 11 is 0. The predicted octanol–water partition coefficient (Wildman–Crippen LogP) is 5.03. The first kappa shape index (κ1) is 22.1. The van der Waals surface area contributed by atoms with Gasteiger partial charge in [-0.1, -0.05) is 41.5 Å². The summed E-state index contributed by atoms with van der Waals surface area (Å²) < 4.78 is 11.3. The van der Waals surface area contributed by atoms with E-state index in [4.69, 9.17) is 8.85 Å². The van der Waals surface area contributed by atoms with Gasteiger partial charge in [-0.05, 0) is 43.2 Å². The summed E-state index contributed by atoms with van der Waals surface area (Å²) in [7, 11) is -4.38. The van der Waals surface area contributed by atoms with Crippen LogP contribution < -0.4 is 0 Å². The molecule has 4 nitrogen and oxygen atoms in total. The Kier molecular flexibility index (Phi) is 6.66. The highest BCUT2D eigenvalue weighted by Crippen LogP contribution is 2.38. The highest BCUT2D eigenvalue weighted by molar-refractivity contribution is 6.76. The van der Waals surface area contributed by atoms with Gasteiger partial charge in [0.25, 0.3) is 16.6 Å². The van der Waals surface area contributed by atoms with E-state index in [0.29, 0.717) is 5.57 Å². The minimum Gasteiger partial charge on any atom is -0.516 e. The molecule has 0 spiro atoms. The SMILES string of the molecule is C/C(=C\C(=O)O[Si](C)(C)C(C)(C)C)C(=O)O[Si](C)(C)C(C)(C)C. The molecule has 0 amide bonds. The van der Waals surface area contributed by atoms with Gasteiger partial charge in [0.2, 0.25) is 0 Å². The van der Waals surface area contributed by atoms with Crippen molar-refractivity contribution in [1.82, 2.24) is 0 Å². The number of carbonyl (C=O) groups is 2. The summed E-state index contributed by atoms with van der Waals surface area (Å²) in [6.45, 7) is 22.0. The van der Waals surface area contributed by atoms with Crippen LogP contribution in [0.2, 0.25) is 36.3 Å². The zero-order valence-electron chi connectivity index (χ0n) is 16.7. The quantitative estimate of drug-likeness (QED) is 0.522. The summed E-state index contributed by atoms with van der Waals surface area (Å²) in [5.74, 6) is -0.884. The fourth-order valence-electron chi connectivity index (χ4n) is 1.14. The third-order valence-electron chi connectivity index (χ3n) is 4.97. The Morgan fingerprint density at radius 1 is 0.783 bits per heavy atom. The van der Waals surface area contributed by atoms with E-state index in [1.165, 1.54) is 6.08 Å². The average Bonchev–Trinajstić information content (AvgIpc) is 2.23. The molecule has 0 atom stereocenters. The molecular formula is C17H34O4Si2. The van der Waals surface area contributed by atoms with E-state index >= 15 is 0 Å². The first-order valence-electron chi connectivity index (χ1n) is 8.05. The predicted molar refractivity (Wildman–Crippen MR) is 100 cm³/mol. The smallest absolute Gasteiger partial charge is 0.320 e. The molecule has 0 unspecified atom stereocenters. The summed E-state index contributed by atoms with van der Waals surface area (Å²) in [6.07, 6.45) is 1.26. The molecule has 0 aliphatic carbocycles. The minimum absolute atomic E-state index is 0.0634. The van der Waals surface area contributed by atoms with Crippen molar-refractivity contribution in [2.75, 3.05) is 0 Å². The van der Waals surface area contributed by atoms with Gasteiger partial charge < -0.3 is 8.85 Å². The van der Waals surface area contributed by atoms with Crippen LogP contribution in [0.5, 0.6) is 0 Å². The van der Waals surface area contributed by atoms with Crippen LogP contribution in [0.3, 0.4) is 0 Å². The van der Waals surface area contributed by atoms with Crippen molar-refractivity contribution in [1.29, 1.82) is 0 Å². The fraction of sp³-hybridized carbons (Fsp3) is 0.765. The lowest BCUT2D eigenvalue weighted by atomic mass is 10.2. The highest BCUT2D eigenvalue weighted by atomic mass is 28.4. The van der Waals surface area contributed by atoms with Gasteiger partial charge in [0.05, 0.1) is 0 Å². The Morgan fingerprint density at radius 2 is 1.13 bits per heavy atom. The summed E-state index contributed by atoms with van der Waals surface area (Å²) in [6, 6.07) is 0. The van der Waals surface area contributed by atoms with Gasteiger partial charge in [0.15, 0.2) is 0 Å². The molecule has 0 heterocycles. The zero-order valence-corrected chi connectivity index (χ0v) is 18.7. The van der Waals surface area contributed by atoms with Crippen molar-refractivity contribution >= 4 is 28.6 Å². The van der Waals surface area contributed by atoms with Gasteiger partial charge in [-0.3, -0.25) is 0 Å². The molecule has 0 rings (SSSR count). The van der Waals surface area contributed by atoms with E-state index in [2.05, 4.69) is 41.5 Å². The molecule has 0 saturated carbocycles. The molecule has 23 heavy (non-hydrogen) atoms. The van der Waals surface area contributed by atoms with Crippen molar-refractivity contribution in [2.45, 2.75) is 84.7 Å². The third kappa shape index (κ3) is 6.26. The number of carbonyl (C=O) groups excluding carboxylic acids is 2. The lowest BCUT2D eigenvalue weighted by Gasteiger charge is -2.36. The van der Waals surface area contributed by atoms with Gasteiger partial charge >= 0.3 is 11.9 Å². The van der Waals surface area contributed by atoms with E-state index in [9.17, 15) is 9.59 Å². The molecule has 0 aliphatic heterocycles. The number of hydrogen-bond acceptors (Lipinski definition) is 4. The Hall–Kier alpha value is -0.886. The molecule has 0 fully saturated rings. The summed E-state index contributed by atoms with van der Waals surface area (Å²) in [5.41, 5.74) is 0.290. The van der Waals surface area contributed by atoms with E-state index in [1.807, 2.05) is 26.2 Å². The van der Waals surface area contributed by atoms with Crippen molar-refractivity contribution in [3.8, 4) is 0 Å². The van der Waals surface area contributed by atoms with Crippen LogP contribution in [0.25, 0.3) is 0 Å². The van der Waals surface area contributed by atoms with Crippen LogP contribution in [0.4, 0.5) is 0 Å². The molecule has 0 N–H and O–H groups in total. The number of hydrogen-bond donors (Lipinski definition) is 0. The van der Waals surface area contributed by atoms with Gasteiger partial charge in [-0.15, -0.1) is 0 Å². The molecule has 134 valence electrons. The molecular weight excluding hydrogens is 324 g/mol. The van der Waals surface area contributed by atoms with Crippen molar-refractivity contribution in [3.05, 3.63) is 11.6 Å². The van der Waals surface area contributed by atoms with Crippen LogP contribution in [0, 0.1) is 0 Å². The van der Waals surface area contributed by atoms with Crippen LogP contribution >= 0.6 is 0 Å². The van der Waals surface area contributed by atoms with Gasteiger partial charge in [0, 0.05) is 11.6 Å². The zero-order chi connectivity index (χ0) is 18.9. The number of rotatable bonds is 4. The Morgan fingerprint density at radius 3 is 1.48 bits per heavy atom. The second kappa shape index (κ2) is 6.93. The van der Waals surface area contributed by atoms with Crippen LogP contribution in [0.1, 0.15) is 48.5 Å². The maximum atomic E-state index is 12.3. The first-order chi connectivity index (χ1) is 9.91. The van der Waals surface area contributed by atoms with E-state index < -0.39 is 28.6 Å². The Balaban J connectivity index is 5.04. The molecule has 0 aromatic carbocycles. The minimum atomic E-state index is -2.19. The molecule has 0 saturated heterocycles. The lowest BCUT2D eigenvalue weighted by molar-refractivity contribution is -0.133. The Bertz CT molecular complexity index is 492. The largest absolute Gasteiger partial charge is 0.516 e. The molecule has 0 aromatic heterocycles. The monoisotopic (exact) mass is 358 g/mol. The molecule has 0 aromatic rings. The van der Waals surface area contributed by atoms with Gasteiger partial charge in [0.1, 0.15) is 0 Å². The van der Waals surface area contributed by atoms with Crippen molar-refractivity contribution in [2.24, 2.45) is 0 Å². The van der Waals surface area contributed by atoms with E-state index in [-0.39, 0.29) is 10.1 Å². The van der Waals surface area contributed by atoms with Gasteiger partial charge in [-0.25, -0.2) is 9.59 Å². The second-order valence-corrected chi connectivity index (χ2v) is 18.6. The maximum Gasteiger partial charge on any atom is 0.320 e. The topological polar surface area (TPSA) is 52.6 Å². The Labute approximate surface area is 143 Å². The lowest BCUT2D eigenvalue weighted by Crippen LogP contribution is -2.43. The summed E-state index contributed by atoms with van der Waals surface area (Å²) in [5, 5.41) is -0.128. The molecule has 0 radical (unpaired) electrons. The van der Waals surface area contributed by atoms with Crippen molar-refractivity contribution < 1.29 is 18.4 Å². The highest BCUT2D eigenvalue weighted by Gasteiger charge is 2.41. The standard InChI is InChI=1S/C17H34O4Si2/c1-13(15(19)21-23(10,11)17(5,6)7)12-14(18)20-22(8,9)16(2,3)4/h12H,1-11H3/b13-12+. The van der Waals surface area contributed by atoms with Gasteiger partial charge in [-0.2, -0.15) is 0 Å². The van der Waals surface area contributed by atoms with Crippen LogP contribution in [-0.2, 0) is 18.4 Å². The first-order valence-corrected chi connectivity index (χ1v) is 13.9. The van der Waals surface area contributed by atoms with E-state index in [0.717, 1.165) is 0 Å². The van der Waals surface area contributed by atoms with Crippen molar-refractivity contribution in [3.63, 3.8) is 0 Å². The fourth-order valence-corrected chi connectivity index (χ4v) is 2.93. The normalized spacial score (nSPS) is 14.5. The molecule has 0 bridgehead atoms. The third-order valence-corrected chi connectivity index (χ3v) is 13.6. The molecule has 6 heteroatoms. The second-order valence-electron chi connectivity index (χ2n) is 9.16. The maximum absolute atomic E-state index is 12.3. The summed E-state index contributed by atoms with van der Waals surface area (Å²) in [4.78, 5) is 24.4.